The van der Waals surface area contributed by atoms with Gasteiger partial charge in [-0.2, -0.15) is 5.26 Å². The number of anilines is 1. The lowest BCUT2D eigenvalue weighted by Crippen LogP contribution is -2.56. The summed E-state index contributed by atoms with van der Waals surface area (Å²) >= 11 is 6.10. The molecule has 1 aromatic heterocycles. The number of amides is 1. The second-order valence-corrected chi connectivity index (χ2v) is 8.28. The largest absolute Gasteiger partial charge is 0.329 e. The van der Waals surface area contributed by atoms with Crippen molar-refractivity contribution in [1.29, 1.82) is 5.26 Å². The van der Waals surface area contributed by atoms with Crippen LogP contribution in [0.3, 0.4) is 0 Å². The Morgan fingerprint density at radius 3 is 2.59 bits per heavy atom. The molecule has 1 atom stereocenters. The lowest BCUT2D eigenvalue weighted by molar-refractivity contribution is -0.122. The van der Waals surface area contributed by atoms with E-state index >= 15 is 0 Å². The first kappa shape index (κ1) is 27.6. The molecule has 6 nitrogen and oxygen atoms in total. The number of imidazole rings is 1. The van der Waals surface area contributed by atoms with Crippen LogP contribution in [0.5, 0.6) is 0 Å². The molecule has 3 aromatic rings. The van der Waals surface area contributed by atoms with Crippen LogP contribution >= 0.6 is 36.4 Å². The summed E-state index contributed by atoms with van der Waals surface area (Å²) in [5.41, 5.74) is 3.34. The van der Waals surface area contributed by atoms with Crippen LogP contribution in [-0.2, 0) is 17.9 Å². The van der Waals surface area contributed by atoms with Crippen LogP contribution in [0.2, 0.25) is 5.02 Å². The van der Waals surface area contributed by atoms with Crippen molar-refractivity contribution in [2.45, 2.75) is 25.6 Å². The Balaban J connectivity index is 0.00000204. The fourth-order valence-corrected chi connectivity index (χ4v) is 4.19. The summed E-state index contributed by atoms with van der Waals surface area (Å²) in [7, 11) is 0. The molecule has 1 amide bonds. The Bertz CT molecular complexity index is 1130. The fourth-order valence-electron chi connectivity index (χ4n) is 4.01. The van der Waals surface area contributed by atoms with Crippen LogP contribution in [-0.4, -0.2) is 46.2 Å². The molecule has 2 heterocycles. The molecule has 1 aliphatic rings. The maximum atomic E-state index is 13.4. The van der Waals surface area contributed by atoms with Gasteiger partial charge in [-0.25, -0.2) is 4.98 Å². The molecule has 0 spiro atoms. The van der Waals surface area contributed by atoms with Crippen molar-refractivity contribution in [3.8, 4) is 6.07 Å². The van der Waals surface area contributed by atoms with Gasteiger partial charge in [-0.05, 0) is 42.3 Å². The first-order chi connectivity index (χ1) is 15.6. The Morgan fingerprint density at radius 2 is 1.91 bits per heavy atom. The minimum Gasteiger partial charge on any atom is -0.329 e. The Hall–Kier alpha value is -2.63. The zero-order chi connectivity index (χ0) is 22.5. The molecule has 1 unspecified atom stereocenters. The van der Waals surface area contributed by atoms with E-state index in [2.05, 4.69) is 11.1 Å². The predicted molar refractivity (Wildman–Crippen MR) is 136 cm³/mol. The van der Waals surface area contributed by atoms with E-state index in [-0.39, 0.29) is 43.3 Å². The van der Waals surface area contributed by atoms with Crippen molar-refractivity contribution in [2.24, 2.45) is 0 Å². The second-order valence-electron chi connectivity index (χ2n) is 7.84. The van der Waals surface area contributed by atoms with Crippen molar-refractivity contribution in [3.63, 3.8) is 0 Å². The first-order valence-electron chi connectivity index (χ1n) is 10.4. The molecule has 0 bridgehead atoms. The molecule has 0 aliphatic carbocycles. The quantitative estimate of drug-likeness (QED) is 0.442. The normalized spacial score (nSPS) is 15.9. The molecule has 10 heteroatoms. The van der Waals surface area contributed by atoms with Gasteiger partial charge in [0.25, 0.3) is 0 Å². The van der Waals surface area contributed by atoms with Gasteiger partial charge in [-0.15, -0.1) is 24.8 Å². The number of nitriles is 1. The van der Waals surface area contributed by atoms with Crippen LogP contribution in [0.4, 0.5) is 10.1 Å². The van der Waals surface area contributed by atoms with Crippen LogP contribution in [0, 0.1) is 11.3 Å². The highest BCUT2D eigenvalue weighted by Gasteiger charge is 2.33. The fraction of sp³-hybridized carbons (Fsp3) is 0.292. The summed E-state index contributed by atoms with van der Waals surface area (Å²) in [4.78, 5) is 20.9. The lowest BCUT2D eigenvalue weighted by Gasteiger charge is -2.40. The smallest absolute Gasteiger partial charge is 0.241 e. The summed E-state index contributed by atoms with van der Waals surface area (Å²) in [6, 6.07) is 16.6. The summed E-state index contributed by atoms with van der Waals surface area (Å²) in [5.74, 6) is -0.0412. The number of halogens is 4. The van der Waals surface area contributed by atoms with Crippen molar-refractivity contribution < 1.29 is 9.18 Å². The number of alkyl halides is 1. The second kappa shape index (κ2) is 12.7. The number of carbonyl (C=O) groups excluding carboxylic acids is 1. The van der Waals surface area contributed by atoms with E-state index in [0.717, 1.165) is 16.9 Å². The lowest BCUT2D eigenvalue weighted by atomic mass is 10.1. The number of hydrogen-bond donors (Lipinski definition) is 0. The maximum Gasteiger partial charge on any atom is 0.241 e. The zero-order valence-corrected chi connectivity index (χ0v) is 20.7. The van der Waals surface area contributed by atoms with Gasteiger partial charge in [-0.1, -0.05) is 29.8 Å². The summed E-state index contributed by atoms with van der Waals surface area (Å²) in [6.45, 7) is 1.25. The number of hydrogen-bond acceptors (Lipinski definition) is 4. The van der Waals surface area contributed by atoms with Crippen LogP contribution in [0.25, 0.3) is 0 Å². The number of piperazine rings is 1. The van der Waals surface area contributed by atoms with E-state index in [0.29, 0.717) is 36.6 Å². The highest BCUT2D eigenvalue weighted by molar-refractivity contribution is 6.30. The molecule has 4 rings (SSSR count). The van der Waals surface area contributed by atoms with Gasteiger partial charge in [0.05, 0.1) is 36.9 Å². The summed E-state index contributed by atoms with van der Waals surface area (Å²) in [5, 5.41) is 9.53. The van der Waals surface area contributed by atoms with E-state index in [1.807, 2.05) is 33.7 Å². The van der Waals surface area contributed by atoms with Gasteiger partial charge in [0.1, 0.15) is 0 Å². The third kappa shape index (κ3) is 6.49. The molecule has 1 fully saturated rings. The summed E-state index contributed by atoms with van der Waals surface area (Å²) in [6.07, 6.45) is 3.87. The molecule has 180 valence electrons. The molecule has 2 aromatic carbocycles. The van der Waals surface area contributed by atoms with Gasteiger partial charge in [0, 0.05) is 42.6 Å². The number of aromatic nitrogens is 2. The number of carbonyl (C=O) groups is 1. The summed E-state index contributed by atoms with van der Waals surface area (Å²) < 4.78 is 15.4. The van der Waals surface area contributed by atoms with Gasteiger partial charge in [-0.3, -0.25) is 14.1 Å². The van der Waals surface area contributed by atoms with Crippen molar-refractivity contribution >= 4 is 48.0 Å². The Labute approximate surface area is 215 Å². The van der Waals surface area contributed by atoms with Crippen molar-refractivity contribution in [3.05, 3.63) is 82.9 Å². The number of benzene rings is 2. The van der Waals surface area contributed by atoms with Gasteiger partial charge in [0.15, 0.2) is 0 Å². The van der Waals surface area contributed by atoms with Crippen LogP contribution < -0.4 is 4.90 Å². The predicted octanol–water partition coefficient (Wildman–Crippen LogP) is 4.88. The van der Waals surface area contributed by atoms with Crippen molar-refractivity contribution in [2.75, 3.05) is 24.7 Å². The van der Waals surface area contributed by atoms with E-state index < -0.39 is 6.67 Å². The van der Waals surface area contributed by atoms with E-state index in [9.17, 15) is 9.18 Å². The highest BCUT2D eigenvalue weighted by Crippen LogP contribution is 2.25. The zero-order valence-electron chi connectivity index (χ0n) is 18.3. The van der Waals surface area contributed by atoms with Gasteiger partial charge >= 0.3 is 0 Å². The van der Waals surface area contributed by atoms with Crippen LogP contribution in [0.1, 0.15) is 23.2 Å². The minimum atomic E-state index is -0.455. The molecule has 1 saturated heterocycles. The molecule has 0 N–H and O–H groups in total. The molecule has 1 aliphatic heterocycles. The average molecular weight is 525 g/mol. The molecule has 34 heavy (non-hydrogen) atoms. The topological polar surface area (TPSA) is 65.2 Å². The number of rotatable bonds is 7. The van der Waals surface area contributed by atoms with Crippen LogP contribution in [0.15, 0.2) is 61.1 Å². The Kier molecular flexibility index (Phi) is 10.3. The van der Waals surface area contributed by atoms with E-state index in [4.69, 9.17) is 16.9 Å². The molecule has 0 saturated carbocycles. The molecule has 0 radical (unpaired) electrons. The van der Waals surface area contributed by atoms with Crippen molar-refractivity contribution in [1.82, 2.24) is 14.5 Å². The average Bonchev–Trinajstić information content (AvgIpc) is 3.22. The van der Waals surface area contributed by atoms with Gasteiger partial charge < -0.3 is 9.47 Å². The minimum absolute atomic E-state index is 0. The standard InChI is InChI=1S/C24H23ClFN5O.2ClH/c25-20-2-1-3-21(10-20)31-15-22(8-9-26)29(16-24(31)32)14-23-12-28-17-30(23)13-19-6-4-18(11-27)5-7-19;;/h1-7,10,12,17,22H,8-9,13-16H2;2*1H. The maximum absolute atomic E-state index is 13.4. The monoisotopic (exact) mass is 523 g/mol. The third-order valence-corrected chi connectivity index (χ3v) is 5.95. The SMILES string of the molecule is Cl.Cl.N#Cc1ccc(Cn2cncc2CN2CC(=O)N(c3cccc(Cl)c3)CC2CCF)cc1. The first-order valence-corrected chi connectivity index (χ1v) is 10.8. The third-order valence-electron chi connectivity index (χ3n) is 5.71. The molecular formula is C24H25Cl3FN5O. The van der Waals surface area contributed by atoms with Gasteiger partial charge in [0.2, 0.25) is 5.91 Å². The van der Waals surface area contributed by atoms with E-state index in [1.54, 1.807) is 41.7 Å². The highest BCUT2D eigenvalue weighted by atomic mass is 35.5. The van der Waals surface area contributed by atoms with E-state index in [1.165, 1.54) is 0 Å². The molecular weight excluding hydrogens is 500 g/mol. The number of nitrogens with zero attached hydrogens (tertiary/aromatic N) is 5. The Morgan fingerprint density at radius 1 is 1.15 bits per heavy atom.